The molecule has 0 aliphatic rings. The van der Waals surface area contributed by atoms with Crippen molar-refractivity contribution in [2.75, 3.05) is 12.9 Å². The Morgan fingerprint density at radius 1 is 1.08 bits per heavy atom. The molecule has 26 heavy (non-hydrogen) atoms. The Balaban J connectivity index is 1.49. The number of methoxy groups -OCH3 is 1. The maximum Gasteiger partial charge on any atom is 0.277 e. The third kappa shape index (κ3) is 4.82. The Kier molecular flexibility index (Phi) is 5.85. The van der Waals surface area contributed by atoms with Crippen molar-refractivity contribution in [2.45, 2.75) is 11.8 Å². The normalized spacial score (nSPS) is 10.5. The molecule has 0 bridgehead atoms. The quantitative estimate of drug-likeness (QED) is 0.439. The van der Waals surface area contributed by atoms with E-state index in [1.54, 1.807) is 31.4 Å². The highest BCUT2D eigenvalue weighted by molar-refractivity contribution is 7.99. The lowest BCUT2D eigenvalue weighted by molar-refractivity contribution is 0.102. The topological polar surface area (TPSA) is 74.5 Å². The molecule has 3 rings (SSSR count). The first-order valence-corrected chi connectivity index (χ1v) is 8.63. The molecule has 1 aromatic heterocycles. The second-order valence-electron chi connectivity index (χ2n) is 5.14. The largest absolute Gasteiger partial charge is 0.497 e. The minimum atomic E-state index is -0.338. The molecule has 2 aromatic carbocycles. The second-order valence-corrected chi connectivity index (χ2v) is 6.07. The van der Waals surface area contributed by atoms with Crippen LogP contribution in [-0.4, -0.2) is 28.8 Å². The van der Waals surface area contributed by atoms with E-state index in [0.29, 0.717) is 17.1 Å². The molecule has 0 amide bonds. The number of nitrogens with zero attached hydrogens (tertiary/aromatic N) is 2. The maximum absolute atomic E-state index is 12.8. The van der Waals surface area contributed by atoms with Crippen LogP contribution < -0.4 is 9.47 Å². The number of thioether (sulfide) groups is 1. The monoisotopic (exact) mass is 374 g/mol. The number of ether oxygens (including phenoxy) is 2. The third-order valence-corrected chi connectivity index (χ3v) is 4.18. The average Bonchev–Trinajstić information content (AvgIpc) is 3.13. The second kappa shape index (κ2) is 8.48. The summed E-state index contributed by atoms with van der Waals surface area (Å²) >= 11 is 1.15. The molecule has 0 atom stereocenters. The van der Waals surface area contributed by atoms with Crippen molar-refractivity contribution in [1.82, 2.24) is 10.2 Å². The predicted octanol–water partition coefficient (Wildman–Crippen LogP) is 3.77. The van der Waals surface area contributed by atoms with Crippen molar-refractivity contribution in [2.24, 2.45) is 0 Å². The number of Topliss-reactive ketones (excluding diaryl/α,β-unsaturated/α-hetero) is 1. The maximum atomic E-state index is 12.8. The summed E-state index contributed by atoms with van der Waals surface area (Å²) in [5.74, 6) is 1.24. The van der Waals surface area contributed by atoms with Crippen LogP contribution in [0.4, 0.5) is 4.39 Å². The summed E-state index contributed by atoms with van der Waals surface area (Å²) in [4.78, 5) is 12.2. The summed E-state index contributed by atoms with van der Waals surface area (Å²) < 4.78 is 28.7. The summed E-state index contributed by atoms with van der Waals surface area (Å²) in [5.41, 5.74) is 0.581. The van der Waals surface area contributed by atoms with Crippen molar-refractivity contribution in [3.63, 3.8) is 0 Å². The van der Waals surface area contributed by atoms with Crippen LogP contribution in [-0.2, 0) is 6.61 Å². The molecule has 0 unspecified atom stereocenters. The zero-order valence-electron chi connectivity index (χ0n) is 13.8. The number of hydrogen-bond donors (Lipinski definition) is 0. The summed E-state index contributed by atoms with van der Waals surface area (Å²) in [6, 6.07) is 12.5. The highest BCUT2D eigenvalue weighted by Gasteiger charge is 2.12. The van der Waals surface area contributed by atoms with Gasteiger partial charge in [0.2, 0.25) is 0 Å². The first kappa shape index (κ1) is 17.9. The van der Waals surface area contributed by atoms with Crippen LogP contribution in [0, 0.1) is 5.82 Å². The fraction of sp³-hybridized carbons (Fsp3) is 0.167. The molecule has 0 radical (unpaired) electrons. The number of benzene rings is 2. The molecular weight excluding hydrogens is 359 g/mol. The standard InChI is InChI=1S/C18H15FN2O4S/c1-23-14-6-2-12(3-7-14)16(22)11-26-18-21-20-17(25-18)10-24-15-8-4-13(19)5-9-15/h2-9H,10-11H2,1H3. The molecule has 8 heteroatoms. The van der Waals surface area contributed by atoms with Crippen molar-refractivity contribution in [3.05, 3.63) is 65.8 Å². The molecule has 0 spiro atoms. The van der Waals surface area contributed by atoms with E-state index >= 15 is 0 Å². The van der Waals surface area contributed by atoms with Gasteiger partial charge in [-0.1, -0.05) is 11.8 Å². The van der Waals surface area contributed by atoms with Gasteiger partial charge < -0.3 is 13.9 Å². The van der Waals surface area contributed by atoms with Crippen LogP contribution >= 0.6 is 11.8 Å². The van der Waals surface area contributed by atoms with Gasteiger partial charge in [0, 0.05) is 5.56 Å². The molecule has 0 fully saturated rings. The fourth-order valence-electron chi connectivity index (χ4n) is 2.02. The first-order valence-electron chi connectivity index (χ1n) is 7.65. The van der Waals surface area contributed by atoms with Crippen LogP contribution in [0.25, 0.3) is 0 Å². The Labute approximate surface area is 153 Å². The summed E-state index contributed by atoms with van der Waals surface area (Å²) in [6.45, 7) is 0.0611. The first-order chi connectivity index (χ1) is 12.6. The molecule has 3 aromatic rings. The predicted molar refractivity (Wildman–Crippen MR) is 93.1 cm³/mol. The van der Waals surface area contributed by atoms with Crippen LogP contribution in [0.1, 0.15) is 16.2 Å². The average molecular weight is 374 g/mol. The number of ketones is 1. The summed E-state index contributed by atoms with van der Waals surface area (Å²) in [6.07, 6.45) is 0. The Morgan fingerprint density at radius 2 is 1.77 bits per heavy atom. The fourth-order valence-corrected chi connectivity index (χ4v) is 2.69. The molecule has 0 aliphatic carbocycles. The van der Waals surface area contributed by atoms with Crippen molar-refractivity contribution in [3.8, 4) is 11.5 Å². The van der Waals surface area contributed by atoms with Crippen LogP contribution in [0.2, 0.25) is 0 Å². The van der Waals surface area contributed by atoms with Gasteiger partial charge in [0.1, 0.15) is 17.3 Å². The minimum absolute atomic E-state index is 0.0556. The molecule has 0 saturated heterocycles. The highest BCUT2D eigenvalue weighted by Crippen LogP contribution is 2.20. The van der Waals surface area contributed by atoms with Gasteiger partial charge in [-0.3, -0.25) is 4.79 Å². The summed E-state index contributed by atoms with van der Waals surface area (Å²) in [7, 11) is 1.57. The van der Waals surface area contributed by atoms with Crippen molar-refractivity contribution in [1.29, 1.82) is 0 Å². The van der Waals surface area contributed by atoms with Gasteiger partial charge in [0.05, 0.1) is 12.9 Å². The lowest BCUT2D eigenvalue weighted by Gasteiger charge is -2.02. The number of halogens is 1. The lowest BCUT2D eigenvalue weighted by atomic mass is 10.1. The molecule has 134 valence electrons. The van der Waals surface area contributed by atoms with E-state index in [0.717, 1.165) is 11.8 Å². The SMILES string of the molecule is COc1ccc(C(=O)CSc2nnc(COc3ccc(F)cc3)o2)cc1. The molecule has 6 nitrogen and oxygen atoms in total. The van der Waals surface area contributed by atoms with E-state index < -0.39 is 0 Å². The zero-order valence-corrected chi connectivity index (χ0v) is 14.7. The summed E-state index contributed by atoms with van der Waals surface area (Å²) in [5, 5.41) is 8.01. The van der Waals surface area contributed by atoms with Gasteiger partial charge in [-0.05, 0) is 48.5 Å². The van der Waals surface area contributed by atoms with E-state index in [1.165, 1.54) is 24.3 Å². The van der Waals surface area contributed by atoms with Crippen molar-refractivity contribution >= 4 is 17.5 Å². The van der Waals surface area contributed by atoms with Gasteiger partial charge in [-0.15, -0.1) is 10.2 Å². The molecule has 0 aliphatic heterocycles. The molecule has 0 saturated carbocycles. The van der Waals surface area contributed by atoms with Gasteiger partial charge in [0.15, 0.2) is 12.4 Å². The van der Waals surface area contributed by atoms with Gasteiger partial charge in [-0.2, -0.15) is 0 Å². The van der Waals surface area contributed by atoms with E-state index in [1.807, 2.05) is 0 Å². The number of carbonyl (C=O) groups excluding carboxylic acids is 1. The molecular formula is C18H15FN2O4S. The van der Waals surface area contributed by atoms with Gasteiger partial charge in [0.25, 0.3) is 11.1 Å². The molecule has 1 heterocycles. The third-order valence-electron chi connectivity index (χ3n) is 3.36. The zero-order chi connectivity index (χ0) is 18.4. The Bertz CT molecular complexity index is 866. The van der Waals surface area contributed by atoms with E-state index in [4.69, 9.17) is 13.9 Å². The Morgan fingerprint density at radius 3 is 2.46 bits per heavy atom. The van der Waals surface area contributed by atoms with Crippen LogP contribution in [0.15, 0.2) is 58.2 Å². The van der Waals surface area contributed by atoms with E-state index in [-0.39, 0.29) is 35.1 Å². The number of carbonyl (C=O) groups is 1. The minimum Gasteiger partial charge on any atom is -0.497 e. The lowest BCUT2D eigenvalue weighted by Crippen LogP contribution is -2.02. The number of aromatic nitrogens is 2. The van der Waals surface area contributed by atoms with Gasteiger partial charge >= 0.3 is 0 Å². The smallest absolute Gasteiger partial charge is 0.277 e. The van der Waals surface area contributed by atoms with Gasteiger partial charge in [-0.25, -0.2) is 4.39 Å². The Hall–Kier alpha value is -2.87. The van der Waals surface area contributed by atoms with Crippen LogP contribution in [0.5, 0.6) is 11.5 Å². The number of hydrogen-bond acceptors (Lipinski definition) is 7. The number of rotatable bonds is 8. The van der Waals surface area contributed by atoms with E-state index in [9.17, 15) is 9.18 Å². The van der Waals surface area contributed by atoms with Crippen molar-refractivity contribution < 1.29 is 23.1 Å². The molecule has 0 N–H and O–H groups in total. The van der Waals surface area contributed by atoms with Crippen LogP contribution in [0.3, 0.4) is 0 Å². The van der Waals surface area contributed by atoms with E-state index in [2.05, 4.69) is 10.2 Å². The highest BCUT2D eigenvalue weighted by atomic mass is 32.2.